The van der Waals surface area contributed by atoms with Crippen LogP contribution in [0.15, 0.2) is 18.2 Å². The molecule has 1 heterocycles. The van der Waals surface area contributed by atoms with E-state index in [9.17, 15) is 0 Å². The fraction of sp³-hybridized carbons (Fsp3) is 0.647. The molecule has 1 aliphatic rings. The third-order valence-electron chi connectivity index (χ3n) is 4.65. The fourth-order valence-electron chi connectivity index (χ4n) is 3.36. The summed E-state index contributed by atoms with van der Waals surface area (Å²) in [5.74, 6) is 0.854. The van der Waals surface area contributed by atoms with E-state index in [2.05, 4.69) is 43.9 Å². The van der Waals surface area contributed by atoms with Crippen LogP contribution in [0.3, 0.4) is 0 Å². The second kappa shape index (κ2) is 6.53. The van der Waals surface area contributed by atoms with Crippen molar-refractivity contribution in [1.82, 2.24) is 4.90 Å². The number of benzene rings is 1. The highest BCUT2D eigenvalue weighted by atomic mass is 15.2. The van der Waals surface area contributed by atoms with Crippen molar-refractivity contribution in [2.24, 2.45) is 11.7 Å². The van der Waals surface area contributed by atoms with Crippen LogP contribution in [-0.4, -0.2) is 24.5 Å². The van der Waals surface area contributed by atoms with Gasteiger partial charge in [-0.25, -0.2) is 0 Å². The first-order valence-corrected chi connectivity index (χ1v) is 7.63. The first kappa shape index (κ1) is 14.5. The third kappa shape index (κ3) is 3.58. The summed E-state index contributed by atoms with van der Waals surface area (Å²) >= 11 is 0. The van der Waals surface area contributed by atoms with Crippen LogP contribution in [0.1, 0.15) is 48.9 Å². The maximum absolute atomic E-state index is 5.67. The molecule has 0 bridgehead atoms. The van der Waals surface area contributed by atoms with Gasteiger partial charge in [0.1, 0.15) is 0 Å². The molecule has 0 radical (unpaired) electrons. The highest BCUT2D eigenvalue weighted by Crippen LogP contribution is 2.29. The lowest BCUT2D eigenvalue weighted by Gasteiger charge is -2.36. The van der Waals surface area contributed by atoms with Gasteiger partial charge in [0.2, 0.25) is 0 Å². The van der Waals surface area contributed by atoms with E-state index in [-0.39, 0.29) is 0 Å². The first-order chi connectivity index (χ1) is 9.11. The summed E-state index contributed by atoms with van der Waals surface area (Å²) in [7, 11) is 0. The zero-order valence-corrected chi connectivity index (χ0v) is 12.7. The Bertz CT molecular complexity index is 406. The van der Waals surface area contributed by atoms with Gasteiger partial charge in [0.15, 0.2) is 0 Å². The van der Waals surface area contributed by atoms with E-state index in [1.54, 1.807) is 0 Å². The minimum Gasteiger partial charge on any atom is -0.330 e. The van der Waals surface area contributed by atoms with Gasteiger partial charge in [-0.05, 0) is 76.7 Å². The van der Waals surface area contributed by atoms with Crippen LogP contribution in [0.4, 0.5) is 0 Å². The summed E-state index contributed by atoms with van der Waals surface area (Å²) in [6.07, 6.45) is 3.82. The van der Waals surface area contributed by atoms with Gasteiger partial charge >= 0.3 is 0 Å². The Balaban J connectivity index is 1.99. The maximum atomic E-state index is 5.67. The number of aryl methyl sites for hydroxylation is 2. The summed E-state index contributed by atoms with van der Waals surface area (Å²) in [6.45, 7) is 10.0. The summed E-state index contributed by atoms with van der Waals surface area (Å²) in [4.78, 5) is 2.63. The molecule has 0 saturated carbocycles. The Morgan fingerprint density at radius 1 is 1.26 bits per heavy atom. The van der Waals surface area contributed by atoms with Crippen molar-refractivity contribution in [3.8, 4) is 0 Å². The number of rotatable bonds is 4. The highest BCUT2D eigenvalue weighted by molar-refractivity contribution is 5.32. The second-order valence-electron chi connectivity index (χ2n) is 6.09. The number of piperidine rings is 1. The zero-order chi connectivity index (χ0) is 13.8. The molecule has 0 spiro atoms. The Morgan fingerprint density at radius 3 is 2.53 bits per heavy atom. The van der Waals surface area contributed by atoms with Crippen LogP contribution in [0, 0.1) is 19.8 Å². The van der Waals surface area contributed by atoms with Crippen molar-refractivity contribution in [3.63, 3.8) is 0 Å². The summed E-state index contributed by atoms with van der Waals surface area (Å²) < 4.78 is 0. The Hall–Kier alpha value is -0.860. The number of hydrogen-bond acceptors (Lipinski definition) is 2. The van der Waals surface area contributed by atoms with Gasteiger partial charge in [-0.3, -0.25) is 4.90 Å². The minimum atomic E-state index is 0.541. The fourth-order valence-corrected chi connectivity index (χ4v) is 3.36. The molecule has 0 aromatic heterocycles. The summed E-state index contributed by atoms with van der Waals surface area (Å²) in [6, 6.07) is 7.38. The average Bonchev–Trinajstić information content (AvgIpc) is 2.39. The summed E-state index contributed by atoms with van der Waals surface area (Å²) in [5.41, 5.74) is 9.94. The molecule has 1 aromatic rings. The SMILES string of the molecule is Cc1ccc(C(C)N2CCC(CCN)CC2)c(C)c1. The number of nitrogens with zero attached hydrogens (tertiary/aromatic N) is 1. The predicted octanol–water partition coefficient (Wildman–Crippen LogP) is 3.43. The average molecular weight is 260 g/mol. The molecule has 0 amide bonds. The van der Waals surface area contributed by atoms with Gasteiger partial charge in [0.25, 0.3) is 0 Å². The topological polar surface area (TPSA) is 29.3 Å². The van der Waals surface area contributed by atoms with E-state index >= 15 is 0 Å². The minimum absolute atomic E-state index is 0.541. The van der Waals surface area contributed by atoms with Crippen LogP contribution in [0.2, 0.25) is 0 Å². The van der Waals surface area contributed by atoms with E-state index in [1.807, 2.05) is 0 Å². The molecule has 19 heavy (non-hydrogen) atoms. The molecule has 2 rings (SSSR count). The predicted molar refractivity (Wildman–Crippen MR) is 82.3 cm³/mol. The van der Waals surface area contributed by atoms with E-state index in [4.69, 9.17) is 5.73 Å². The molecular weight excluding hydrogens is 232 g/mol. The third-order valence-corrected chi connectivity index (χ3v) is 4.65. The van der Waals surface area contributed by atoms with Gasteiger partial charge in [-0.2, -0.15) is 0 Å². The van der Waals surface area contributed by atoms with Gasteiger partial charge in [-0.1, -0.05) is 23.8 Å². The largest absolute Gasteiger partial charge is 0.330 e. The number of likely N-dealkylation sites (tertiary alicyclic amines) is 1. The Morgan fingerprint density at radius 2 is 1.95 bits per heavy atom. The number of nitrogens with two attached hydrogens (primary N) is 1. The van der Waals surface area contributed by atoms with Gasteiger partial charge in [0.05, 0.1) is 0 Å². The van der Waals surface area contributed by atoms with Crippen molar-refractivity contribution in [2.75, 3.05) is 19.6 Å². The molecule has 2 nitrogen and oxygen atoms in total. The lowest BCUT2D eigenvalue weighted by molar-refractivity contribution is 0.138. The van der Waals surface area contributed by atoms with Crippen LogP contribution < -0.4 is 5.73 Å². The lowest BCUT2D eigenvalue weighted by atomic mass is 9.91. The van der Waals surface area contributed by atoms with Gasteiger partial charge in [-0.15, -0.1) is 0 Å². The Labute approximate surface area is 118 Å². The summed E-state index contributed by atoms with van der Waals surface area (Å²) in [5, 5.41) is 0. The van der Waals surface area contributed by atoms with Crippen LogP contribution in [-0.2, 0) is 0 Å². The molecule has 1 unspecified atom stereocenters. The van der Waals surface area contributed by atoms with Crippen LogP contribution in [0.5, 0.6) is 0 Å². The molecule has 106 valence electrons. The van der Waals surface area contributed by atoms with Crippen molar-refractivity contribution in [2.45, 2.75) is 46.1 Å². The molecule has 2 N–H and O–H groups in total. The van der Waals surface area contributed by atoms with Crippen molar-refractivity contribution in [3.05, 3.63) is 34.9 Å². The normalized spacial score (nSPS) is 19.6. The van der Waals surface area contributed by atoms with Crippen molar-refractivity contribution in [1.29, 1.82) is 0 Å². The van der Waals surface area contributed by atoms with E-state index in [0.717, 1.165) is 12.5 Å². The highest BCUT2D eigenvalue weighted by Gasteiger charge is 2.23. The standard InChI is InChI=1S/C17H28N2/c1-13-4-5-17(14(2)12-13)15(3)19-10-7-16(6-9-18)8-11-19/h4-5,12,15-16H,6-11,18H2,1-3H3. The quantitative estimate of drug-likeness (QED) is 0.898. The second-order valence-corrected chi connectivity index (χ2v) is 6.09. The molecule has 1 aliphatic heterocycles. The van der Waals surface area contributed by atoms with E-state index < -0.39 is 0 Å². The van der Waals surface area contributed by atoms with Crippen molar-refractivity contribution < 1.29 is 0 Å². The maximum Gasteiger partial charge on any atom is 0.0322 e. The van der Waals surface area contributed by atoms with Crippen LogP contribution in [0.25, 0.3) is 0 Å². The van der Waals surface area contributed by atoms with Crippen molar-refractivity contribution >= 4 is 0 Å². The first-order valence-electron chi connectivity index (χ1n) is 7.63. The van der Waals surface area contributed by atoms with Crippen LogP contribution >= 0.6 is 0 Å². The zero-order valence-electron chi connectivity index (χ0n) is 12.7. The molecule has 1 atom stereocenters. The molecular formula is C17H28N2. The lowest BCUT2D eigenvalue weighted by Crippen LogP contribution is -2.36. The smallest absolute Gasteiger partial charge is 0.0322 e. The molecule has 1 saturated heterocycles. The Kier molecular flexibility index (Phi) is 5.00. The molecule has 2 heteroatoms. The monoisotopic (exact) mass is 260 g/mol. The van der Waals surface area contributed by atoms with E-state index in [0.29, 0.717) is 6.04 Å². The van der Waals surface area contributed by atoms with E-state index in [1.165, 1.54) is 49.0 Å². The molecule has 0 aliphatic carbocycles. The molecule has 1 fully saturated rings. The number of hydrogen-bond donors (Lipinski definition) is 1. The van der Waals surface area contributed by atoms with Gasteiger partial charge < -0.3 is 5.73 Å². The van der Waals surface area contributed by atoms with Gasteiger partial charge in [0, 0.05) is 6.04 Å². The molecule has 1 aromatic carbocycles.